The van der Waals surface area contributed by atoms with E-state index in [0.29, 0.717) is 33.4 Å². The molecule has 1 heterocycles. The summed E-state index contributed by atoms with van der Waals surface area (Å²) in [6, 6.07) is 5.03. The SMILES string of the molecule is COC(=O)C1=C(C)N(CCC2=CCCCC2)C(=O)/C1=C\c1ccc(Cl)cc1Cl. The predicted molar refractivity (Wildman–Crippen MR) is 112 cm³/mol. The average Bonchev–Trinajstić information content (AvgIpc) is 2.92. The molecule has 0 N–H and O–H groups in total. The number of methoxy groups -OCH3 is 1. The predicted octanol–water partition coefficient (Wildman–Crippen LogP) is 5.56. The fourth-order valence-electron chi connectivity index (χ4n) is 3.66. The molecule has 0 atom stereocenters. The van der Waals surface area contributed by atoms with Crippen molar-refractivity contribution in [3.05, 3.63) is 62.3 Å². The van der Waals surface area contributed by atoms with Gasteiger partial charge in [0.2, 0.25) is 0 Å². The minimum absolute atomic E-state index is 0.208. The van der Waals surface area contributed by atoms with Crippen LogP contribution in [0.3, 0.4) is 0 Å². The largest absolute Gasteiger partial charge is 0.465 e. The molecule has 28 heavy (non-hydrogen) atoms. The summed E-state index contributed by atoms with van der Waals surface area (Å²) in [6.07, 6.45) is 9.33. The molecular formula is C22H23Cl2NO3. The number of benzene rings is 1. The number of ether oxygens (including phenoxy) is 1. The first kappa shape index (κ1) is 20.7. The van der Waals surface area contributed by atoms with Crippen molar-refractivity contribution in [2.75, 3.05) is 13.7 Å². The minimum Gasteiger partial charge on any atom is -0.465 e. The van der Waals surface area contributed by atoms with E-state index in [1.54, 1.807) is 36.1 Å². The molecular weight excluding hydrogens is 397 g/mol. The van der Waals surface area contributed by atoms with Gasteiger partial charge in [-0.05, 0) is 62.8 Å². The Kier molecular flexibility index (Phi) is 6.63. The number of hydrogen-bond acceptors (Lipinski definition) is 3. The van der Waals surface area contributed by atoms with E-state index in [-0.39, 0.29) is 11.5 Å². The van der Waals surface area contributed by atoms with E-state index in [1.165, 1.54) is 25.5 Å². The minimum atomic E-state index is -0.526. The summed E-state index contributed by atoms with van der Waals surface area (Å²) in [6.45, 7) is 2.33. The number of amides is 1. The number of rotatable bonds is 5. The van der Waals surface area contributed by atoms with E-state index in [0.717, 1.165) is 19.3 Å². The number of carbonyl (C=O) groups excluding carboxylic acids is 2. The van der Waals surface area contributed by atoms with E-state index < -0.39 is 5.97 Å². The summed E-state index contributed by atoms with van der Waals surface area (Å²) in [5, 5.41) is 0.924. The Bertz CT molecular complexity index is 899. The van der Waals surface area contributed by atoms with Crippen LogP contribution in [0.4, 0.5) is 0 Å². The molecule has 1 aliphatic heterocycles. The average molecular weight is 420 g/mol. The van der Waals surface area contributed by atoms with Crippen LogP contribution in [0.2, 0.25) is 10.0 Å². The van der Waals surface area contributed by atoms with Gasteiger partial charge in [0.25, 0.3) is 5.91 Å². The lowest BCUT2D eigenvalue weighted by molar-refractivity contribution is -0.136. The first-order valence-electron chi connectivity index (χ1n) is 9.38. The van der Waals surface area contributed by atoms with E-state index in [4.69, 9.17) is 27.9 Å². The van der Waals surface area contributed by atoms with Crippen molar-refractivity contribution in [3.63, 3.8) is 0 Å². The Hall–Kier alpha value is -2.04. The van der Waals surface area contributed by atoms with Gasteiger partial charge < -0.3 is 9.64 Å². The van der Waals surface area contributed by atoms with E-state index >= 15 is 0 Å². The molecule has 0 unspecified atom stereocenters. The highest BCUT2D eigenvalue weighted by molar-refractivity contribution is 6.35. The van der Waals surface area contributed by atoms with Crippen LogP contribution in [0.5, 0.6) is 0 Å². The zero-order valence-corrected chi connectivity index (χ0v) is 17.6. The first-order valence-corrected chi connectivity index (χ1v) is 10.1. The Morgan fingerprint density at radius 2 is 2.07 bits per heavy atom. The molecule has 1 aromatic rings. The summed E-state index contributed by atoms with van der Waals surface area (Å²) in [5.74, 6) is -0.734. The normalized spacial score (nSPS) is 18.7. The van der Waals surface area contributed by atoms with Gasteiger partial charge in [-0.25, -0.2) is 4.79 Å². The Labute approximate surface area is 175 Å². The van der Waals surface area contributed by atoms with Gasteiger partial charge in [-0.3, -0.25) is 4.79 Å². The Balaban J connectivity index is 1.93. The van der Waals surface area contributed by atoms with Gasteiger partial charge in [-0.15, -0.1) is 0 Å². The number of carbonyl (C=O) groups is 2. The molecule has 0 spiro atoms. The summed E-state index contributed by atoms with van der Waals surface area (Å²) in [7, 11) is 1.31. The van der Waals surface area contributed by atoms with Crippen molar-refractivity contribution in [3.8, 4) is 0 Å². The number of nitrogens with zero attached hydrogens (tertiary/aromatic N) is 1. The van der Waals surface area contributed by atoms with Gasteiger partial charge in [0, 0.05) is 22.3 Å². The summed E-state index contributed by atoms with van der Waals surface area (Å²) in [5.41, 5.74) is 3.21. The molecule has 1 amide bonds. The molecule has 2 aliphatic rings. The maximum Gasteiger partial charge on any atom is 0.340 e. The maximum atomic E-state index is 13.1. The van der Waals surface area contributed by atoms with Crippen LogP contribution in [0.25, 0.3) is 6.08 Å². The van der Waals surface area contributed by atoms with E-state index in [2.05, 4.69) is 6.08 Å². The third-order valence-corrected chi connectivity index (χ3v) is 5.77. The van der Waals surface area contributed by atoms with Gasteiger partial charge in [0.05, 0.1) is 18.3 Å². The van der Waals surface area contributed by atoms with Gasteiger partial charge in [0.1, 0.15) is 0 Å². The fraction of sp³-hybridized carbons (Fsp3) is 0.364. The third kappa shape index (κ3) is 4.34. The first-order chi connectivity index (χ1) is 13.4. The molecule has 0 fully saturated rings. The molecule has 0 bridgehead atoms. The van der Waals surface area contributed by atoms with Crippen molar-refractivity contribution in [2.45, 2.75) is 39.0 Å². The molecule has 1 aromatic carbocycles. The molecule has 4 nitrogen and oxygen atoms in total. The second-order valence-electron chi connectivity index (χ2n) is 6.99. The van der Waals surface area contributed by atoms with Crippen molar-refractivity contribution in [2.24, 2.45) is 0 Å². The summed E-state index contributed by atoms with van der Waals surface area (Å²) >= 11 is 12.2. The molecule has 0 aromatic heterocycles. The highest BCUT2D eigenvalue weighted by atomic mass is 35.5. The number of allylic oxidation sites excluding steroid dienone is 2. The van der Waals surface area contributed by atoms with Crippen LogP contribution < -0.4 is 0 Å². The van der Waals surface area contributed by atoms with Crippen LogP contribution in [0, 0.1) is 0 Å². The molecule has 0 saturated heterocycles. The molecule has 0 radical (unpaired) electrons. The zero-order valence-electron chi connectivity index (χ0n) is 16.1. The smallest absolute Gasteiger partial charge is 0.340 e. The third-order valence-electron chi connectivity index (χ3n) is 5.20. The number of esters is 1. The van der Waals surface area contributed by atoms with Crippen LogP contribution in [0.15, 0.2) is 46.7 Å². The maximum absolute atomic E-state index is 13.1. The standard InChI is InChI=1S/C22H23Cl2NO3/c1-14-20(22(27)28-2)18(12-16-8-9-17(23)13-19(16)24)21(26)25(14)11-10-15-6-4-3-5-7-15/h6,8-9,12-13H,3-5,7,10-11H2,1-2H3/b18-12-. The Morgan fingerprint density at radius 3 is 2.71 bits per heavy atom. The van der Waals surface area contributed by atoms with Crippen LogP contribution in [-0.4, -0.2) is 30.4 Å². The van der Waals surface area contributed by atoms with Gasteiger partial charge in [-0.2, -0.15) is 0 Å². The molecule has 148 valence electrons. The second kappa shape index (κ2) is 8.97. The molecule has 1 aliphatic carbocycles. The zero-order chi connectivity index (χ0) is 20.3. The lowest BCUT2D eigenvalue weighted by atomic mass is 9.97. The Morgan fingerprint density at radius 1 is 1.29 bits per heavy atom. The van der Waals surface area contributed by atoms with E-state index in [9.17, 15) is 9.59 Å². The van der Waals surface area contributed by atoms with Gasteiger partial charge >= 0.3 is 5.97 Å². The van der Waals surface area contributed by atoms with Crippen molar-refractivity contribution in [1.29, 1.82) is 0 Å². The lowest BCUT2D eigenvalue weighted by Crippen LogP contribution is -2.26. The highest BCUT2D eigenvalue weighted by Gasteiger charge is 2.36. The molecule has 6 heteroatoms. The number of halogens is 2. The quantitative estimate of drug-likeness (QED) is 0.356. The molecule has 3 rings (SSSR count). The second-order valence-corrected chi connectivity index (χ2v) is 7.83. The number of hydrogen-bond donors (Lipinski definition) is 0. The van der Waals surface area contributed by atoms with Crippen LogP contribution >= 0.6 is 23.2 Å². The lowest BCUT2D eigenvalue weighted by Gasteiger charge is -2.20. The topological polar surface area (TPSA) is 46.6 Å². The van der Waals surface area contributed by atoms with E-state index in [1.807, 2.05) is 0 Å². The summed E-state index contributed by atoms with van der Waals surface area (Å²) < 4.78 is 4.93. The highest BCUT2D eigenvalue weighted by Crippen LogP contribution is 2.34. The van der Waals surface area contributed by atoms with Crippen molar-refractivity contribution < 1.29 is 14.3 Å². The van der Waals surface area contributed by atoms with Crippen molar-refractivity contribution in [1.82, 2.24) is 4.90 Å². The monoisotopic (exact) mass is 419 g/mol. The fourth-order valence-corrected chi connectivity index (χ4v) is 4.12. The van der Waals surface area contributed by atoms with Gasteiger partial charge in [-0.1, -0.05) is 40.9 Å². The molecule has 0 saturated carbocycles. The van der Waals surface area contributed by atoms with Crippen LogP contribution in [0.1, 0.15) is 44.6 Å². The van der Waals surface area contributed by atoms with Crippen molar-refractivity contribution >= 4 is 41.2 Å². The summed E-state index contributed by atoms with van der Waals surface area (Å²) in [4.78, 5) is 27.2. The van der Waals surface area contributed by atoms with Gasteiger partial charge in [0.15, 0.2) is 0 Å². The van der Waals surface area contributed by atoms with Crippen LogP contribution in [-0.2, 0) is 14.3 Å².